The van der Waals surface area contributed by atoms with E-state index in [9.17, 15) is 8.42 Å². The van der Waals surface area contributed by atoms with E-state index >= 15 is 0 Å². The van der Waals surface area contributed by atoms with Gasteiger partial charge in [0, 0.05) is 43.3 Å². The Balaban J connectivity index is 1.82. The first-order valence-electron chi connectivity index (χ1n) is 8.99. The van der Waals surface area contributed by atoms with Crippen molar-refractivity contribution >= 4 is 10.0 Å². The van der Waals surface area contributed by atoms with E-state index in [2.05, 4.69) is 24.0 Å². The molecule has 3 heterocycles. The number of hydrogen-bond donors (Lipinski definition) is 0. The molecule has 0 N–H and O–H groups in total. The highest BCUT2D eigenvalue weighted by atomic mass is 32.2. The van der Waals surface area contributed by atoms with Gasteiger partial charge in [-0.1, -0.05) is 19.8 Å². The molecule has 2 aliphatic heterocycles. The molecule has 3 fully saturated rings. The quantitative estimate of drug-likeness (QED) is 0.814. The molecule has 0 radical (unpaired) electrons. The van der Waals surface area contributed by atoms with Crippen molar-refractivity contribution in [1.82, 2.24) is 19.0 Å². The van der Waals surface area contributed by atoms with Crippen molar-refractivity contribution in [2.24, 2.45) is 12.5 Å². The minimum atomic E-state index is -3.51. The fourth-order valence-corrected chi connectivity index (χ4v) is 7.88. The predicted molar refractivity (Wildman–Crippen MR) is 92.2 cm³/mol. The van der Waals surface area contributed by atoms with Crippen LogP contribution in [-0.4, -0.2) is 59.1 Å². The van der Waals surface area contributed by atoms with Crippen LogP contribution in [0, 0.1) is 12.3 Å². The summed E-state index contributed by atoms with van der Waals surface area (Å²) in [4.78, 5) is 2.79. The van der Waals surface area contributed by atoms with Crippen molar-refractivity contribution < 1.29 is 8.42 Å². The second kappa shape index (κ2) is 5.29. The normalized spacial score (nSPS) is 37.6. The number of piperidine rings is 1. The van der Waals surface area contributed by atoms with Crippen molar-refractivity contribution in [2.75, 3.05) is 13.6 Å². The monoisotopic (exact) mass is 352 g/mol. The molecule has 2 saturated heterocycles. The minimum Gasteiger partial charge on any atom is -0.301 e. The zero-order valence-corrected chi connectivity index (χ0v) is 15.9. The van der Waals surface area contributed by atoms with Crippen LogP contribution in [0.4, 0.5) is 0 Å². The number of aromatic nitrogens is 2. The van der Waals surface area contributed by atoms with Crippen LogP contribution in [0.3, 0.4) is 0 Å². The van der Waals surface area contributed by atoms with Gasteiger partial charge in [-0.05, 0) is 33.2 Å². The molecule has 0 amide bonds. The van der Waals surface area contributed by atoms with Crippen LogP contribution in [-0.2, 0) is 17.1 Å². The first-order valence-corrected chi connectivity index (χ1v) is 10.4. The predicted octanol–water partition coefficient (Wildman–Crippen LogP) is 1.75. The topological polar surface area (TPSA) is 58.4 Å². The van der Waals surface area contributed by atoms with E-state index in [1.807, 2.05) is 4.31 Å². The molecular formula is C17H28N4O2S. The average Bonchev–Trinajstić information content (AvgIpc) is 2.88. The van der Waals surface area contributed by atoms with E-state index in [-0.39, 0.29) is 17.5 Å². The van der Waals surface area contributed by atoms with Gasteiger partial charge in [0.1, 0.15) is 4.90 Å². The lowest BCUT2D eigenvalue weighted by Crippen LogP contribution is -2.51. The lowest BCUT2D eigenvalue weighted by Gasteiger charge is -2.45. The maximum absolute atomic E-state index is 13.5. The molecule has 1 aliphatic carbocycles. The standard InChI is InChI=1S/C17H28N4O2S/c1-12-14(11-20(4)18-12)24(22,23)21-13-9-17(2)15(19(3)10-13)7-5-6-8-16(17)21/h11,13,15-16H,5-10H2,1-4H3/t13-,15+,16-,17+/m0/s1. The molecular weight excluding hydrogens is 324 g/mol. The van der Waals surface area contributed by atoms with Gasteiger partial charge in [-0.3, -0.25) is 4.68 Å². The van der Waals surface area contributed by atoms with Gasteiger partial charge in [-0.25, -0.2) is 8.42 Å². The molecule has 6 nitrogen and oxygen atoms in total. The number of rotatable bonds is 2. The third-order valence-corrected chi connectivity index (χ3v) is 8.69. The lowest BCUT2D eigenvalue weighted by molar-refractivity contribution is 0.0587. The zero-order chi connectivity index (χ0) is 17.3. The molecule has 0 aromatic carbocycles. The van der Waals surface area contributed by atoms with Crippen LogP contribution in [0.1, 0.15) is 44.7 Å². The van der Waals surface area contributed by atoms with Gasteiger partial charge in [0.15, 0.2) is 0 Å². The Kier molecular flexibility index (Phi) is 3.64. The summed E-state index contributed by atoms with van der Waals surface area (Å²) in [6.45, 7) is 4.95. The number of hydrogen-bond acceptors (Lipinski definition) is 4. The van der Waals surface area contributed by atoms with Crippen LogP contribution in [0.2, 0.25) is 0 Å². The van der Waals surface area contributed by atoms with Gasteiger partial charge >= 0.3 is 0 Å². The summed E-state index contributed by atoms with van der Waals surface area (Å²) in [5, 5.41) is 4.27. The van der Waals surface area contributed by atoms with Crippen molar-refractivity contribution in [3.05, 3.63) is 11.9 Å². The Morgan fingerprint density at radius 2 is 1.88 bits per heavy atom. The Labute approximate surface area is 144 Å². The van der Waals surface area contributed by atoms with Crippen molar-refractivity contribution in [2.45, 2.75) is 69.0 Å². The molecule has 4 atom stereocenters. The summed E-state index contributed by atoms with van der Waals surface area (Å²) in [5.41, 5.74) is 0.666. The number of aryl methyl sites for hydroxylation is 2. The first-order chi connectivity index (χ1) is 11.2. The molecule has 0 unspecified atom stereocenters. The molecule has 1 saturated carbocycles. The summed E-state index contributed by atoms with van der Waals surface area (Å²) in [6, 6.07) is 0.699. The van der Waals surface area contributed by atoms with E-state index in [1.54, 1.807) is 24.9 Å². The van der Waals surface area contributed by atoms with E-state index in [0.717, 1.165) is 25.8 Å². The molecule has 0 spiro atoms. The van der Waals surface area contributed by atoms with E-state index < -0.39 is 10.0 Å². The molecule has 3 aliphatic rings. The fourth-order valence-electron chi connectivity index (χ4n) is 5.74. The first kappa shape index (κ1) is 16.5. The van der Waals surface area contributed by atoms with E-state index in [4.69, 9.17) is 0 Å². The van der Waals surface area contributed by atoms with Gasteiger partial charge in [-0.15, -0.1) is 0 Å². The van der Waals surface area contributed by atoms with Gasteiger partial charge in [0.05, 0.1) is 5.69 Å². The Morgan fingerprint density at radius 3 is 2.50 bits per heavy atom. The molecule has 2 bridgehead atoms. The number of likely N-dealkylation sites (N-methyl/N-ethyl adjacent to an activating group) is 1. The highest BCUT2D eigenvalue weighted by Gasteiger charge is 2.61. The largest absolute Gasteiger partial charge is 0.301 e. The summed E-state index contributed by atoms with van der Waals surface area (Å²) >= 11 is 0. The number of sulfonamides is 1. The summed E-state index contributed by atoms with van der Waals surface area (Å²) in [7, 11) is 0.444. The van der Waals surface area contributed by atoms with Crippen molar-refractivity contribution in [3.8, 4) is 0 Å². The van der Waals surface area contributed by atoms with E-state index in [0.29, 0.717) is 16.6 Å². The average molecular weight is 353 g/mol. The van der Waals surface area contributed by atoms with Crippen molar-refractivity contribution in [1.29, 1.82) is 0 Å². The number of nitrogens with zero attached hydrogens (tertiary/aromatic N) is 4. The Morgan fingerprint density at radius 1 is 1.21 bits per heavy atom. The number of likely N-dealkylation sites (tertiary alicyclic amines) is 1. The maximum Gasteiger partial charge on any atom is 0.247 e. The zero-order valence-electron chi connectivity index (χ0n) is 15.1. The van der Waals surface area contributed by atoms with Crippen LogP contribution in [0.5, 0.6) is 0 Å². The second-order valence-corrected chi connectivity index (χ2v) is 10.0. The smallest absolute Gasteiger partial charge is 0.247 e. The summed E-state index contributed by atoms with van der Waals surface area (Å²) < 4.78 is 30.5. The van der Waals surface area contributed by atoms with E-state index in [1.165, 1.54) is 12.8 Å². The fraction of sp³-hybridized carbons (Fsp3) is 0.824. The Bertz CT molecular complexity index is 759. The van der Waals surface area contributed by atoms with Crippen LogP contribution in [0.25, 0.3) is 0 Å². The molecule has 24 heavy (non-hydrogen) atoms. The molecule has 4 rings (SSSR count). The van der Waals surface area contributed by atoms with Gasteiger partial charge in [0.25, 0.3) is 0 Å². The highest BCUT2D eigenvalue weighted by molar-refractivity contribution is 7.89. The summed E-state index contributed by atoms with van der Waals surface area (Å²) in [6.07, 6.45) is 7.14. The number of fused-ring (bicyclic) bond motifs is 1. The second-order valence-electron chi connectivity index (χ2n) is 8.21. The third-order valence-electron chi connectivity index (χ3n) is 6.62. The maximum atomic E-state index is 13.5. The van der Waals surface area contributed by atoms with Crippen LogP contribution in [0.15, 0.2) is 11.1 Å². The van der Waals surface area contributed by atoms with Crippen LogP contribution < -0.4 is 0 Å². The molecule has 1 aromatic rings. The van der Waals surface area contributed by atoms with Crippen molar-refractivity contribution in [3.63, 3.8) is 0 Å². The SMILES string of the molecule is Cc1nn(C)cc1S(=O)(=O)N1[C@@H]2CN(C)[C@@H]3CCCC[C@H]1[C@]3(C)C2. The van der Waals surface area contributed by atoms with Crippen LogP contribution >= 0.6 is 0 Å². The molecule has 1 aromatic heterocycles. The molecule has 134 valence electrons. The third kappa shape index (κ3) is 2.14. The summed E-state index contributed by atoms with van der Waals surface area (Å²) in [5.74, 6) is 0. The minimum absolute atomic E-state index is 0.0668. The van der Waals surface area contributed by atoms with Gasteiger partial charge < -0.3 is 4.90 Å². The molecule has 7 heteroatoms. The highest BCUT2D eigenvalue weighted by Crippen LogP contribution is 2.54. The Hall–Kier alpha value is -0.920. The van der Waals surface area contributed by atoms with Gasteiger partial charge in [0.2, 0.25) is 10.0 Å². The lowest BCUT2D eigenvalue weighted by atomic mass is 9.71. The van der Waals surface area contributed by atoms with Gasteiger partial charge in [-0.2, -0.15) is 9.40 Å².